The summed E-state index contributed by atoms with van der Waals surface area (Å²) in [5.41, 5.74) is 7.47. The molecule has 0 N–H and O–H groups in total. The fourth-order valence-corrected chi connectivity index (χ4v) is 3.07. The molecule has 1 heteroatoms. The van der Waals surface area contributed by atoms with Gasteiger partial charge in [-0.05, 0) is 60.4 Å². The van der Waals surface area contributed by atoms with Gasteiger partial charge in [-0.15, -0.1) is 0 Å². The maximum atomic E-state index is 4.79. The Balaban J connectivity index is 1.95. The Labute approximate surface area is 134 Å². The molecule has 1 aliphatic rings. The van der Waals surface area contributed by atoms with Gasteiger partial charge in [-0.1, -0.05) is 50.6 Å². The average molecular weight is 291 g/mol. The number of hydrogen-bond acceptors (Lipinski definition) is 1. The maximum Gasteiger partial charge on any atom is 0.0478 e. The summed E-state index contributed by atoms with van der Waals surface area (Å²) in [6.45, 7) is 8.46. The molecule has 1 aromatic carbocycles. The molecule has 3 rings (SSSR count). The zero-order chi connectivity index (χ0) is 15.5. The monoisotopic (exact) mass is 291 g/mol. The number of allylic oxidation sites excluding steroid dienone is 1. The van der Waals surface area contributed by atoms with Crippen LogP contribution in [0, 0.1) is 5.92 Å². The van der Waals surface area contributed by atoms with Crippen LogP contribution in [0.3, 0.4) is 0 Å². The third-order valence-electron chi connectivity index (χ3n) is 4.63. The zero-order valence-corrected chi connectivity index (χ0v) is 13.7. The molecular weight excluding hydrogens is 266 g/mol. The van der Waals surface area contributed by atoms with Crippen LogP contribution in [-0.4, -0.2) is 4.98 Å². The molecule has 1 heterocycles. The van der Waals surface area contributed by atoms with Gasteiger partial charge in [0.05, 0.1) is 0 Å². The van der Waals surface area contributed by atoms with E-state index in [0.29, 0.717) is 0 Å². The minimum Gasteiger partial charge on any atom is -0.260 e. The van der Waals surface area contributed by atoms with Crippen LogP contribution in [0.25, 0.3) is 16.7 Å². The molecule has 0 aliphatic heterocycles. The van der Waals surface area contributed by atoms with Gasteiger partial charge in [-0.2, -0.15) is 0 Å². The quantitative estimate of drug-likeness (QED) is 0.666. The van der Waals surface area contributed by atoms with Crippen molar-refractivity contribution < 1.29 is 0 Å². The van der Waals surface area contributed by atoms with Crippen molar-refractivity contribution in [3.63, 3.8) is 0 Å². The van der Waals surface area contributed by atoms with Gasteiger partial charge in [-0.3, -0.25) is 4.98 Å². The first-order chi connectivity index (χ1) is 10.7. The molecule has 0 radical (unpaired) electrons. The van der Waals surface area contributed by atoms with Crippen LogP contribution in [0.15, 0.2) is 43.1 Å². The standard InChI is InChI=1S/C21H25N/c1-4-17-7-5-6-8-19(17)18-13-20(15(2)3)21(22-14-18)12-11-16-9-10-16/h5-8,13-14,16H,2,4,9-12H2,1,3H3. The van der Waals surface area contributed by atoms with Gasteiger partial charge in [0.25, 0.3) is 0 Å². The zero-order valence-electron chi connectivity index (χ0n) is 13.7. The first kappa shape index (κ1) is 15.0. The highest BCUT2D eigenvalue weighted by molar-refractivity contribution is 5.73. The molecule has 0 unspecified atom stereocenters. The van der Waals surface area contributed by atoms with Gasteiger partial charge in [0.1, 0.15) is 0 Å². The molecule has 1 nitrogen and oxygen atoms in total. The van der Waals surface area contributed by atoms with E-state index in [0.717, 1.165) is 24.3 Å². The Morgan fingerprint density at radius 1 is 1.27 bits per heavy atom. The summed E-state index contributed by atoms with van der Waals surface area (Å²) in [5.74, 6) is 0.945. The Morgan fingerprint density at radius 2 is 2.05 bits per heavy atom. The Kier molecular flexibility index (Phi) is 4.42. The molecule has 1 aliphatic carbocycles. The van der Waals surface area contributed by atoms with Crippen LogP contribution in [-0.2, 0) is 12.8 Å². The first-order valence-electron chi connectivity index (χ1n) is 8.42. The Hall–Kier alpha value is -1.89. The molecular formula is C21H25N. The molecule has 0 atom stereocenters. The minimum atomic E-state index is 0.945. The molecule has 1 saturated carbocycles. The minimum absolute atomic E-state index is 0.945. The van der Waals surface area contributed by atoms with E-state index in [1.807, 2.05) is 6.20 Å². The van der Waals surface area contributed by atoms with E-state index in [9.17, 15) is 0 Å². The second-order valence-corrected chi connectivity index (χ2v) is 6.49. The summed E-state index contributed by atoms with van der Waals surface area (Å²) >= 11 is 0. The largest absolute Gasteiger partial charge is 0.260 e. The normalized spacial score (nSPS) is 14.1. The number of rotatable bonds is 6. The fraction of sp³-hybridized carbons (Fsp3) is 0.381. The second-order valence-electron chi connectivity index (χ2n) is 6.49. The molecule has 0 spiro atoms. The highest BCUT2D eigenvalue weighted by Gasteiger charge is 2.21. The van der Waals surface area contributed by atoms with Gasteiger partial charge in [-0.25, -0.2) is 0 Å². The van der Waals surface area contributed by atoms with Crippen LogP contribution in [0.4, 0.5) is 0 Å². The van der Waals surface area contributed by atoms with Crippen molar-refractivity contribution in [3.05, 3.63) is 59.9 Å². The van der Waals surface area contributed by atoms with Gasteiger partial charge >= 0.3 is 0 Å². The SMILES string of the molecule is C=C(C)c1cc(-c2ccccc2CC)cnc1CCC1CC1. The molecule has 0 amide bonds. The number of benzene rings is 1. The van der Waals surface area contributed by atoms with E-state index in [1.54, 1.807) is 0 Å². The molecule has 22 heavy (non-hydrogen) atoms. The second kappa shape index (κ2) is 6.48. The molecule has 0 bridgehead atoms. The molecule has 2 aromatic rings. The summed E-state index contributed by atoms with van der Waals surface area (Å²) in [6, 6.07) is 10.9. The van der Waals surface area contributed by atoms with E-state index < -0.39 is 0 Å². The summed E-state index contributed by atoms with van der Waals surface area (Å²) in [5, 5.41) is 0. The number of hydrogen-bond donors (Lipinski definition) is 0. The summed E-state index contributed by atoms with van der Waals surface area (Å²) in [7, 11) is 0. The summed E-state index contributed by atoms with van der Waals surface area (Å²) < 4.78 is 0. The lowest BCUT2D eigenvalue weighted by Crippen LogP contribution is -1.99. The predicted molar refractivity (Wildman–Crippen MR) is 94.8 cm³/mol. The Morgan fingerprint density at radius 3 is 2.73 bits per heavy atom. The lowest BCUT2D eigenvalue weighted by molar-refractivity contribution is 0.713. The van der Waals surface area contributed by atoms with E-state index in [1.165, 1.54) is 47.2 Å². The van der Waals surface area contributed by atoms with Crippen molar-refractivity contribution in [2.45, 2.75) is 46.0 Å². The number of pyridine rings is 1. The van der Waals surface area contributed by atoms with E-state index in [-0.39, 0.29) is 0 Å². The van der Waals surface area contributed by atoms with Crippen molar-refractivity contribution in [1.82, 2.24) is 4.98 Å². The maximum absolute atomic E-state index is 4.79. The molecule has 0 saturated heterocycles. The molecule has 1 aromatic heterocycles. The third-order valence-corrected chi connectivity index (χ3v) is 4.63. The van der Waals surface area contributed by atoms with Crippen molar-refractivity contribution >= 4 is 5.57 Å². The topological polar surface area (TPSA) is 12.9 Å². The average Bonchev–Trinajstić information content (AvgIpc) is 3.37. The smallest absolute Gasteiger partial charge is 0.0478 e. The highest BCUT2D eigenvalue weighted by Crippen LogP contribution is 2.34. The molecule has 114 valence electrons. The van der Waals surface area contributed by atoms with Crippen molar-refractivity contribution in [2.75, 3.05) is 0 Å². The van der Waals surface area contributed by atoms with Crippen molar-refractivity contribution in [1.29, 1.82) is 0 Å². The van der Waals surface area contributed by atoms with Gasteiger partial charge in [0, 0.05) is 17.5 Å². The van der Waals surface area contributed by atoms with Crippen LogP contribution < -0.4 is 0 Å². The van der Waals surface area contributed by atoms with E-state index in [2.05, 4.69) is 50.8 Å². The summed E-state index contributed by atoms with van der Waals surface area (Å²) in [4.78, 5) is 4.79. The first-order valence-corrected chi connectivity index (χ1v) is 8.42. The number of aryl methyl sites for hydroxylation is 2. The lowest BCUT2D eigenvalue weighted by atomic mass is 9.95. The van der Waals surface area contributed by atoms with Gasteiger partial charge < -0.3 is 0 Å². The highest BCUT2D eigenvalue weighted by atomic mass is 14.7. The molecule has 1 fully saturated rings. The summed E-state index contributed by atoms with van der Waals surface area (Å²) in [6.07, 6.45) is 8.26. The van der Waals surface area contributed by atoms with Crippen LogP contribution in [0.1, 0.15) is 49.9 Å². The van der Waals surface area contributed by atoms with Crippen LogP contribution in [0.5, 0.6) is 0 Å². The van der Waals surface area contributed by atoms with E-state index in [4.69, 9.17) is 4.98 Å². The fourth-order valence-electron chi connectivity index (χ4n) is 3.07. The van der Waals surface area contributed by atoms with Crippen molar-refractivity contribution in [2.24, 2.45) is 5.92 Å². The lowest BCUT2D eigenvalue weighted by Gasteiger charge is -2.13. The van der Waals surface area contributed by atoms with E-state index >= 15 is 0 Å². The van der Waals surface area contributed by atoms with Crippen LogP contribution in [0.2, 0.25) is 0 Å². The third kappa shape index (κ3) is 3.30. The van der Waals surface area contributed by atoms with Gasteiger partial charge in [0.2, 0.25) is 0 Å². The van der Waals surface area contributed by atoms with Gasteiger partial charge in [0.15, 0.2) is 0 Å². The van der Waals surface area contributed by atoms with Crippen LogP contribution >= 0.6 is 0 Å². The number of nitrogens with zero attached hydrogens (tertiary/aromatic N) is 1. The predicted octanol–water partition coefficient (Wildman–Crippen LogP) is 5.69. The Bertz CT molecular complexity index is 680. The number of aromatic nitrogens is 1. The van der Waals surface area contributed by atoms with Crippen molar-refractivity contribution in [3.8, 4) is 11.1 Å².